The number of aliphatic imine (C=N–C) groups is 1. The normalized spacial score (nSPS) is 26.3. The summed E-state index contributed by atoms with van der Waals surface area (Å²) in [5, 5.41) is 3.61. The van der Waals surface area contributed by atoms with Gasteiger partial charge in [-0.2, -0.15) is 0 Å². The van der Waals surface area contributed by atoms with Crippen LogP contribution in [0.15, 0.2) is 29.3 Å². The first kappa shape index (κ1) is 21.2. The molecule has 1 aliphatic heterocycles. The predicted molar refractivity (Wildman–Crippen MR) is 112 cm³/mol. The Balaban J connectivity index is 0.00000243. The van der Waals surface area contributed by atoms with E-state index in [0.29, 0.717) is 37.0 Å². The Kier molecular flexibility index (Phi) is 7.12. The van der Waals surface area contributed by atoms with Crippen molar-refractivity contribution in [2.45, 2.75) is 32.4 Å². The van der Waals surface area contributed by atoms with Crippen LogP contribution in [0.3, 0.4) is 0 Å². The number of ether oxygens (including phenoxy) is 2. The SMILES string of the molecule is CN=C(NC1C2CCOC2C1(C)C)N(C)CCOc1ccc(F)cc1.I. The Bertz CT molecular complexity index is 624. The average Bonchev–Trinajstić information content (AvgIpc) is 3.04. The van der Waals surface area contributed by atoms with Gasteiger partial charge in [0.1, 0.15) is 18.2 Å². The maximum Gasteiger partial charge on any atom is 0.193 e. The molecule has 1 aromatic rings. The van der Waals surface area contributed by atoms with Crippen LogP contribution < -0.4 is 10.1 Å². The summed E-state index contributed by atoms with van der Waals surface area (Å²) in [6.07, 6.45) is 1.47. The molecule has 26 heavy (non-hydrogen) atoms. The third-order valence-electron chi connectivity index (χ3n) is 5.47. The molecule has 3 unspecified atom stereocenters. The number of guanidine groups is 1. The molecule has 7 heteroatoms. The van der Waals surface area contributed by atoms with Crippen molar-refractivity contribution >= 4 is 29.9 Å². The zero-order valence-corrected chi connectivity index (χ0v) is 18.2. The molecule has 1 aromatic carbocycles. The molecule has 2 fully saturated rings. The number of fused-ring (bicyclic) bond motifs is 1. The number of rotatable bonds is 5. The molecule has 2 aliphatic rings. The maximum absolute atomic E-state index is 12.9. The molecule has 1 saturated carbocycles. The highest BCUT2D eigenvalue weighted by molar-refractivity contribution is 14.0. The van der Waals surface area contributed by atoms with Crippen molar-refractivity contribution in [2.75, 3.05) is 33.9 Å². The van der Waals surface area contributed by atoms with Crippen molar-refractivity contribution in [2.24, 2.45) is 16.3 Å². The van der Waals surface area contributed by atoms with Crippen LogP contribution in [0.4, 0.5) is 4.39 Å². The van der Waals surface area contributed by atoms with E-state index in [1.807, 2.05) is 7.05 Å². The summed E-state index contributed by atoms with van der Waals surface area (Å²) in [4.78, 5) is 6.47. The van der Waals surface area contributed by atoms with Gasteiger partial charge in [0.15, 0.2) is 5.96 Å². The van der Waals surface area contributed by atoms with Crippen molar-refractivity contribution in [3.8, 4) is 5.75 Å². The lowest BCUT2D eigenvalue weighted by Crippen LogP contribution is -2.68. The minimum Gasteiger partial charge on any atom is -0.492 e. The van der Waals surface area contributed by atoms with Gasteiger partial charge in [0, 0.05) is 38.1 Å². The average molecular weight is 477 g/mol. The quantitative estimate of drug-likeness (QED) is 0.402. The molecule has 0 amide bonds. The Morgan fingerprint density at radius 1 is 1.38 bits per heavy atom. The molecule has 0 radical (unpaired) electrons. The fourth-order valence-corrected chi connectivity index (χ4v) is 4.04. The fourth-order valence-electron chi connectivity index (χ4n) is 4.04. The summed E-state index contributed by atoms with van der Waals surface area (Å²) in [7, 11) is 3.80. The van der Waals surface area contributed by atoms with Crippen LogP contribution in [0.5, 0.6) is 5.75 Å². The van der Waals surface area contributed by atoms with Crippen LogP contribution in [0, 0.1) is 17.2 Å². The van der Waals surface area contributed by atoms with Crippen LogP contribution in [0.1, 0.15) is 20.3 Å². The molecule has 0 spiro atoms. The lowest BCUT2D eigenvalue weighted by Gasteiger charge is -2.55. The molecule has 146 valence electrons. The van der Waals surface area contributed by atoms with E-state index in [1.165, 1.54) is 12.1 Å². The molecular weight excluding hydrogens is 448 g/mol. The zero-order valence-electron chi connectivity index (χ0n) is 15.9. The highest BCUT2D eigenvalue weighted by Gasteiger charge is 2.59. The van der Waals surface area contributed by atoms with Crippen LogP contribution in [-0.2, 0) is 4.74 Å². The first-order valence-corrected chi connectivity index (χ1v) is 8.88. The fraction of sp³-hybridized carbons (Fsp3) is 0.632. The molecular formula is C19H29FIN3O2. The first-order chi connectivity index (χ1) is 11.9. The van der Waals surface area contributed by atoms with Crippen LogP contribution in [0.2, 0.25) is 0 Å². The maximum atomic E-state index is 12.9. The largest absolute Gasteiger partial charge is 0.492 e. The monoisotopic (exact) mass is 477 g/mol. The van der Waals surface area contributed by atoms with E-state index in [0.717, 1.165) is 19.0 Å². The molecule has 3 atom stereocenters. The molecule has 1 heterocycles. The molecule has 5 nitrogen and oxygen atoms in total. The van der Waals surface area contributed by atoms with E-state index in [1.54, 1.807) is 19.2 Å². The van der Waals surface area contributed by atoms with Gasteiger partial charge in [-0.3, -0.25) is 4.99 Å². The summed E-state index contributed by atoms with van der Waals surface area (Å²) < 4.78 is 24.4. The van der Waals surface area contributed by atoms with Crippen molar-refractivity contribution in [1.82, 2.24) is 10.2 Å². The van der Waals surface area contributed by atoms with Gasteiger partial charge >= 0.3 is 0 Å². The summed E-state index contributed by atoms with van der Waals surface area (Å²) in [6, 6.07) is 6.45. The number of benzene rings is 1. The number of nitrogens with zero attached hydrogens (tertiary/aromatic N) is 2. The lowest BCUT2D eigenvalue weighted by atomic mass is 9.57. The van der Waals surface area contributed by atoms with Crippen LogP contribution >= 0.6 is 24.0 Å². The smallest absolute Gasteiger partial charge is 0.193 e. The number of likely N-dealkylation sites (N-methyl/N-ethyl adjacent to an activating group) is 1. The van der Waals surface area contributed by atoms with Crippen molar-refractivity contribution in [1.29, 1.82) is 0 Å². The summed E-state index contributed by atoms with van der Waals surface area (Å²) in [5.41, 5.74) is 0.114. The number of hydrogen-bond donors (Lipinski definition) is 1. The van der Waals surface area contributed by atoms with Crippen molar-refractivity contribution in [3.63, 3.8) is 0 Å². The molecule has 1 aliphatic carbocycles. The first-order valence-electron chi connectivity index (χ1n) is 8.88. The second-order valence-electron chi connectivity index (χ2n) is 7.46. The molecule has 0 aromatic heterocycles. The molecule has 3 rings (SSSR count). The second kappa shape index (κ2) is 8.73. The Morgan fingerprint density at radius 2 is 2.08 bits per heavy atom. The van der Waals surface area contributed by atoms with Gasteiger partial charge < -0.3 is 19.7 Å². The summed E-state index contributed by atoms with van der Waals surface area (Å²) >= 11 is 0. The highest BCUT2D eigenvalue weighted by Crippen LogP contribution is 2.52. The second-order valence-corrected chi connectivity index (χ2v) is 7.46. The van der Waals surface area contributed by atoms with E-state index < -0.39 is 0 Å². The lowest BCUT2D eigenvalue weighted by molar-refractivity contribution is -0.107. The van der Waals surface area contributed by atoms with Crippen LogP contribution in [-0.4, -0.2) is 56.9 Å². The number of nitrogens with one attached hydrogen (secondary N) is 1. The minimum absolute atomic E-state index is 0. The standard InChI is InChI=1S/C19H28FN3O2.HI/c1-19(2)16(15-9-11-25-17(15)19)22-18(21-3)23(4)10-12-24-14-7-5-13(20)6-8-14;/h5-8,15-17H,9-12H2,1-4H3,(H,21,22);1H. The number of halogens is 2. The molecule has 1 saturated heterocycles. The minimum atomic E-state index is -0.258. The van der Waals surface area contributed by atoms with Crippen LogP contribution in [0.25, 0.3) is 0 Å². The van der Waals surface area contributed by atoms with Crippen molar-refractivity contribution < 1.29 is 13.9 Å². The Hall–Kier alpha value is -1.09. The van der Waals surface area contributed by atoms with E-state index in [2.05, 4.69) is 29.1 Å². The van der Waals surface area contributed by atoms with E-state index in [-0.39, 0.29) is 35.2 Å². The van der Waals surface area contributed by atoms with Gasteiger partial charge in [-0.1, -0.05) is 13.8 Å². The third-order valence-corrected chi connectivity index (χ3v) is 5.47. The molecule has 1 N–H and O–H groups in total. The van der Waals surface area contributed by atoms with Gasteiger partial charge in [0.25, 0.3) is 0 Å². The highest BCUT2D eigenvalue weighted by atomic mass is 127. The van der Waals surface area contributed by atoms with Gasteiger partial charge in [-0.25, -0.2) is 4.39 Å². The van der Waals surface area contributed by atoms with Gasteiger partial charge in [-0.15, -0.1) is 24.0 Å². The van der Waals surface area contributed by atoms with E-state index in [4.69, 9.17) is 9.47 Å². The van der Waals surface area contributed by atoms with E-state index in [9.17, 15) is 4.39 Å². The third kappa shape index (κ3) is 4.24. The number of hydrogen-bond acceptors (Lipinski definition) is 3. The van der Waals surface area contributed by atoms with Gasteiger partial charge in [-0.05, 0) is 30.7 Å². The Morgan fingerprint density at radius 3 is 2.73 bits per heavy atom. The van der Waals surface area contributed by atoms with E-state index >= 15 is 0 Å². The van der Waals surface area contributed by atoms with Gasteiger partial charge in [0.05, 0.1) is 12.6 Å². The molecule has 0 bridgehead atoms. The van der Waals surface area contributed by atoms with Crippen molar-refractivity contribution in [3.05, 3.63) is 30.1 Å². The predicted octanol–water partition coefficient (Wildman–Crippen LogP) is 3.14. The topological polar surface area (TPSA) is 46.1 Å². The van der Waals surface area contributed by atoms with Gasteiger partial charge in [0.2, 0.25) is 0 Å². The summed E-state index contributed by atoms with van der Waals surface area (Å²) in [6.45, 7) is 6.56. The summed E-state index contributed by atoms with van der Waals surface area (Å²) in [5.74, 6) is 1.84. The Labute approximate surface area is 172 Å². The zero-order chi connectivity index (χ0) is 18.0.